The lowest BCUT2D eigenvalue weighted by molar-refractivity contribution is 0.409. The molecule has 0 spiro atoms. The van der Waals surface area contributed by atoms with Crippen LogP contribution in [0.2, 0.25) is 0 Å². The van der Waals surface area contributed by atoms with E-state index in [4.69, 9.17) is 4.98 Å². The Morgan fingerprint density at radius 2 is 1.95 bits per heavy atom. The standard InChI is InChI=1S/C15H30N4S/c1-7-16-13(4)14-11-20-15(17-14)19(10-12(2)3)9-8-18(5)6/h11-13,16H,7-10H2,1-6H3. The quantitative estimate of drug-likeness (QED) is 0.759. The molecular formula is C15H30N4S. The molecule has 116 valence electrons. The zero-order chi connectivity index (χ0) is 15.1. The SMILES string of the molecule is CCNC(C)c1csc(N(CCN(C)C)CC(C)C)n1. The van der Waals surface area contributed by atoms with Crippen LogP contribution in [0.15, 0.2) is 5.38 Å². The van der Waals surface area contributed by atoms with E-state index in [1.165, 1.54) is 0 Å². The second-order valence-electron chi connectivity index (χ2n) is 5.98. The maximum absolute atomic E-state index is 4.82. The summed E-state index contributed by atoms with van der Waals surface area (Å²) >= 11 is 1.76. The summed E-state index contributed by atoms with van der Waals surface area (Å²) in [6.07, 6.45) is 0. The van der Waals surface area contributed by atoms with Gasteiger partial charge in [-0.15, -0.1) is 11.3 Å². The van der Waals surface area contributed by atoms with Crippen LogP contribution in [0.4, 0.5) is 5.13 Å². The number of thiazole rings is 1. The normalized spacial score (nSPS) is 13.2. The van der Waals surface area contributed by atoms with Crippen molar-refractivity contribution >= 4 is 16.5 Å². The number of aromatic nitrogens is 1. The third kappa shape index (κ3) is 5.77. The van der Waals surface area contributed by atoms with Gasteiger partial charge in [0.15, 0.2) is 5.13 Å². The number of hydrogen-bond donors (Lipinski definition) is 1. The summed E-state index contributed by atoms with van der Waals surface area (Å²) in [5.74, 6) is 0.649. The van der Waals surface area contributed by atoms with Crippen molar-refractivity contribution in [1.29, 1.82) is 0 Å². The number of nitrogens with one attached hydrogen (secondary N) is 1. The Labute approximate surface area is 128 Å². The van der Waals surface area contributed by atoms with Gasteiger partial charge in [0.1, 0.15) is 0 Å². The van der Waals surface area contributed by atoms with E-state index in [2.05, 4.69) is 62.3 Å². The Balaban J connectivity index is 2.74. The van der Waals surface area contributed by atoms with Gasteiger partial charge in [-0.2, -0.15) is 0 Å². The molecule has 0 saturated heterocycles. The van der Waals surface area contributed by atoms with Gasteiger partial charge in [-0.3, -0.25) is 0 Å². The smallest absolute Gasteiger partial charge is 0.185 e. The number of likely N-dealkylation sites (N-methyl/N-ethyl adjacent to an activating group) is 1. The molecule has 20 heavy (non-hydrogen) atoms. The van der Waals surface area contributed by atoms with Gasteiger partial charge in [-0.1, -0.05) is 20.8 Å². The van der Waals surface area contributed by atoms with Gasteiger partial charge in [0, 0.05) is 31.1 Å². The first-order chi connectivity index (χ1) is 9.43. The lowest BCUT2D eigenvalue weighted by Crippen LogP contribution is -2.34. The van der Waals surface area contributed by atoms with Gasteiger partial charge in [0.05, 0.1) is 5.69 Å². The molecule has 5 heteroatoms. The van der Waals surface area contributed by atoms with Gasteiger partial charge in [-0.25, -0.2) is 4.98 Å². The number of nitrogens with zero attached hydrogens (tertiary/aromatic N) is 3. The molecule has 0 aliphatic carbocycles. The van der Waals surface area contributed by atoms with E-state index in [-0.39, 0.29) is 0 Å². The lowest BCUT2D eigenvalue weighted by Gasteiger charge is -2.25. The van der Waals surface area contributed by atoms with Crippen molar-refractivity contribution in [2.75, 3.05) is 45.2 Å². The van der Waals surface area contributed by atoms with Crippen molar-refractivity contribution in [3.05, 3.63) is 11.1 Å². The molecule has 0 aromatic carbocycles. The van der Waals surface area contributed by atoms with Gasteiger partial charge in [0.25, 0.3) is 0 Å². The second kappa shape index (κ2) is 8.60. The van der Waals surface area contributed by atoms with Crippen LogP contribution < -0.4 is 10.2 Å². The summed E-state index contributed by atoms with van der Waals surface area (Å²) in [5, 5.41) is 6.76. The van der Waals surface area contributed by atoms with Crippen LogP contribution in [-0.4, -0.2) is 50.2 Å². The molecule has 1 heterocycles. The first-order valence-electron chi connectivity index (χ1n) is 7.52. The molecule has 0 bridgehead atoms. The van der Waals surface area contributed by atoms with Crippen molar-refractivity contribution in [2.24, 2.45) is 5.92 Å². The number of hydrogen-bond acceptors (Lipinski definition) is 5. The molecule has 0 aliphatic rings. The van der Waals surface area contributed by atoms with Crippen LogP contribution in [-0.2, 0) is 0 Å². The Morgan fingerprint density at radius 1 is 1.25 bits per heavy atom. The zero-order valence-electron chi connectivity index (χ0n) is 13.8. The number of rotatable bonds is 9. The highest BCUT2D eigenvalue weighted by Gasteiger charge is 2.15. The maximum Gasteiger partial charge on any atom is 0.185 e. The molecule has 4 nitrogen and oxygen atoms in total. The molecule has 0 fully saturated rings. The highest BCUT2D eigenvalue weighted by Crippen LogP contribution is 2.24. The van der Waals surface area contributed by atoms with Crippen LogP contribution in [0.1, 0.15) is 39.4 Å². The minimum Gasteiger partial charge on any atom is -0.347 e. The summed E-state index contributed by atoms with van der Waals surface area (Å²) in [6.45, 7) is 13.0. The lowest BCUT2D eigenvalue weighted by atomic mass is 10.2. The molecule has 1 aromatic rings. The molecule has 0 aliphatic heterocycles. The Hall–Kier alpha value is -0.650. The van der Waals surface area contributed by atoms with Crippen molar-refractivity contribution in [2.45, 2.75) is 33.7 Å². The van der Waals surface area contributed by atoms with E-state index in [0.717, 1.165) is 37.0 Å². The highest BCUT2D eigenvalue weighted by molar-refractivity contribution is 7.13. The molecule has 1 unspecified atom stereocenters. The third-order valence-electron chi connectivity index (χ3n) is 3.14. The number of anilines is 1. The Kier molecular flexibility index (Phi) is 7.48. The van der Waals surface area contributed by atoms with Crippen molar-refractivity contribution in [1.82, 2.24) is 15.2 Å². The third-order valence-corrected chi connectivity index (χ3v) is 4.06. The van der Waals surface area contributed by atoms with Gasteiger partial charge >= 0.3 is 0 Å². The fourth-order valence-corrected chi connectivity index (χ4v) is 3.01. The average molecular weight is 298 g/mol. The second-order valence-corrected chi connectivity index (χ2v) is 6.81. The van der Waals surface area contributed by atoms with E-state index in [0.29, 0.717) is 12.0 Å². The minimum absolute atomic E-state index is 0.333. The summed E-state index contributed by atoms with van der Waals surface area (Å²) in [6, 6.07) is 0.333. The predicted molar refractivity (Wildman–Crippen MR) is 89.8 cm³/mol. The molecule has 1 aromatic heterocycles. The van der Waals surface area contributed by atoms with Gasteiger partial charge in [0.2, 0.25) is 0 Å². The van der Waals surface area contributed by atoms with E-state index in [1.54, 1.807) is 11.3 Å². The highest BCUT2D eigenvalue weighted by atomic mass is 32.1. The summed E-state index contributed by atoms with van der Waals surface area (Å²) in [4.78, 5) is 9.46. The summed E-state index contributed by atoms with van der Waals surface area (Å²) < 4.78 is 0. The Bertz CT molecular complexity index is 376. The molecule has 0 radical (unpaired) electrons. The van der Waals surface area contributed by atoms with Crippen molar-refractivity contribution < 1.29 is 0 Å². The fraction of sp³-hybridized carbons (Fsp3) is 0.800. The zero-order valence-corrected chi connectivity index (χ0v) is 14.6. The van der Waals surface area contributed by atoms with E-state index >= 15 is 0 Å². The first-order valence-corrected chi connectivity index (χ1v) is 8.40. The van der Waals surface area contributed by atoms with Gasteiger partial charge < -0.3 is 15.1 Å². The summed E-state index contributed by atoms with van der Waals surface area (Å²) in [7, 11) is 4.24. The molecular weight excluding hydrogens is 268 g/mol. The summed E-state index contributed by atoms with van der Waals surface area (Å²) in [5.41, 5.74) is 1.16. The molecule has 1 rings (SSSR count). The van der Waals surface area contributed by atoms with Crippen molar-refractivity contribution in [3.8, 4) is 0 Å². The maximum atomic E-state index is 4.82. The van der Waals surface area contributed by atoms with Crippen LogP contribution in [0.25, 0.3) is 0 Å². The van der Waals surface area contributed by atoms with E-state index in [9.17, 15) is 0 Å². The Morgan fingerprint density at radius 3 is 2.50 bits per heavy atom. The van der Waals surface area contributed by atoms with Crippen LogP contribution in [0, 0.1) is 5.92 Å². The molecule has 1 atom stereocenters. The van der Waals surface area contributed by atoms with Crippen LogP contribution in [0.3, 0.4) is 0 Å². The van der Waals surface area contributed by atoms with Crippen LogP contribution in [0.5, 0.6) is 0 Å². The van der Waals surface area contributed by atoms with E-state index < -0.39 is 0 Å². The fourth-order valence-electron chi connectivity index (χ4n) is 2.06. The first kappa shape index (κ1) is 17.4. The molecule has 0 amide bonds. The molecule has 1 N–H and O–H groups in total. The monoisotopic (exact) mass is 298 g/mol. The average Bonchev–Trinajstić information content (AvgIpc) is 2.83. The molecule has 0 saturated carbocycles. The van der Waals surface area contributed by atoms with Crippen molar-refractivity contribution in [3.63, 3.8) is 0 Å². The van der Waals surface area contributed by atoms with E-state index in [1.807, 2.05) is 0 Å². The largest absolute Gasteiger partial charge is 0.347 e. The topological polar surface area (TPSA) is 31.4 Å². The van der Waals surface area contributed by atoms with Crippen LogP contribution >= 0.6 is 11.3 Å². The van der Waals surface area contributed by atoms with Gasteiger partial charge in [-0.05, 0) is 33.5 Å². The predicted octanol–water partition coefficient (Wildman–Crippen LogP) is 2.84. The minimum atomic E-state index is 0.333.